The van der Waals surface area contributed by atoms with Crippen LogP contribution in [0.1, 0.15) is 29.0 Å². The highest BCUT2D eigenvalue weighted by atomic mass is 32.1. The van der Waals surface area contributed by atoms with Crippen LogP contribution in [0.25, 0.3) is 0 Å². The summed E-state index contributed by atoms with van der Waals surface area (Å²) in [6, 6.07) is 10.9. The van der Waals surface area contributed by atoms with Gasteiger partial charge in [0.25, 0.3) is 0 Å². The van der Waals surface area contributed by atoms with Crippen LogP contribution < -0.4 is 16.0 Å². The third kappa shape index (κ3) is 4.75. The van der Waals surface area contributed by atoms with Gasteiger partial charge < -0.3 is 20.7 Å². The fourth-order valence-electron chi connectivity index (χ4n) is 2.94. The maximum absolute atomic E-state index is 12.7. The van der Waals surface area contributed by atoms with Gasteiger partial charge >= 0.3 is 12.0 Å². The fraction of sp³-hybridized carbons (Fsp3) is 0.300. The van der Waals surface area contributed by atoms with Gasteiger partial charge in [-0.3, -0.25) is 0 Å². The van der Waals surface area contributed by atoms with Crippen molar-refractivity contribution < 1.29 is 14.3 Å². The van der Waals surface area contributed by atoms with Gasteiger partial charge in [-0.2, -0.15) is 0 Å². The minimum absolute atomic E-state index is 0.271. The van der Waals surface area contributed by atoms with E-state index < -0.39 is 12.0 Å². The molecule has 0 saturated heterocycles. The Morgan fingerprint density at radius 3 is 2.67 bits per heavy atom. The summed E-state index contributed by atoms with van der Waals surface area (Å²) in [7, 11) is 0. The van der Waals surface area contributed by atoms with Gasteiger partial charge in [-0.1, -0.05) is 35.9 Å². The van der Waals surface area contributed by atoms with Gasteiger partial charge in [-0.05, 0) is 30.9 Å². The second-order valence-corrected chi connectivity index (χ2v) is 7.27. The van der Waals surface area contributed by atoms with E-state index in [0.717, 1.165) is 11.1 Å². The zero-order valence-corrected chi connectivity index (χ0v) is 16.2. The van der Waals surface area contributed by atoms with E-state index in [4.69, 9.17) is 4.74 Å². The Bertz CT molecular complexity index is 829. The Morgan fingerprint density at radius 2 is 2.00 bits per heavy atom. The summed E-state index contributed by atoms with van der Waals surface area (Å²) in [4.78, 5) is 26.1. The number of hydrogen-bond acceptors (Lipinski definition) is 5. The molecule has 27 heavy (non-hydrogen) atoms. The Labute approximate surface area is 162 Å². The summed E-state index contributed by atoms with van der Waals surface area (Å²) < 4.78 is 5.26. The molecule has 1 aromatic heterocycles. The predicted octanol–water partition coefficient (Wildman–Crippen LogP) is 3.02. The maximum Gasteiger partial charge on any atom is 0.338 e. The summed E-state index contributed by atoms with van der Waals surface area (Å²) in [6.45, 7) is 5.06. The SMILES string of the molecule is CCOC(=O)C1=C(CNCc2cccs2)NC(=O)N[C@@H]1c1ccc(C)cc1. The summed E-state index contributed by atoms with van der Waals surface area (Å²) in [5, 5.41) is 10.9. The van der Waals surface area contributed by atoms with Crippen LogP contribution in [0, 0.1) is 6.92 Å². The Balaban J connectivity index is 1.88. The van der Waals surface area contributed by atoms with Crippen LogP contribution in [-0.2, 0) is 16.1 Å². The van der Waals surface area contributed by atoms with Gasteiger partial charge in [-0.25, -0.2) is 9.59 Å². The van der Waals surface area contributed by atoms with E-state index in [-0.39, 0.29) is 12.6 Å². The molecule has 0 radical (unpaired) electrons. The maximum atomic E-state index is 12.7. The molecule has 1 atom stereocenters. The first-order chi connectivity index (χ1) is 13.1. The van der Waals surface area contributed by atoms with Gasteiger partial charge in [0.05, 0.1) is 18.2 Å². The van der Waals surface area contributed by atoms with E-state index in [2.05, 4.69) is 16.0 Å². The molecule has 2 aromatic rings. The molecule has 2 amide bonds. The quantitative estimate of drug-likeness (QED) is 0.640. The molecule has 0 unspecified atom stereocenters. The first kappa shape index (κ1) is 19.1. The lowest BCUT2D eigenvalue weighted by Crippen LogP contribution is -2.48. The van der Waals surface area contributed by atoms with Crippen molar-refractivity contribution in [2.45, 2.75) is 26.4 Å². The minimum Gasteiger partial charge on any atom is -0.463 e. The largest absolute Gasteiger partial charge is 0.463 e. The van der Waals surface area contributed by atoms with Crippen molar-refractivity contribution in [3.63, 3.8) is 0 Å². The first-order valence-electron chi connectivity index (χ1n) is 8.85. The van der Waals surface area contributed by atoms with E-state index >= 15 is 0 Å². The average molecular weight is 385 g/mol. The van der Waals surface area contributed by atoms with Crippen LogP contribution in [0.3, 0.4) is 0 Å². The molecule has 1 aromatic carbocycles. The highest BCUT2D eigenvalue weighted by molar-refractivity contribution is 7.09. The van der Waals surface area contributed by atoms with Gasteiger partial charge in [0.2, 0.25) is 0 Å². The molecule has 142 valence electrons. The van der Waals surface area contributed by atoms with E-state index in [1.807, 2.05) is 48.7 Å². The van der Waals surface area contributed by atoms with Gasteiger partial charge in [0.1, 0.15) is 0 Å². The molecule has 6 nitrogen and oxygen atoms in total. The topological polar surface area (TPSA) is 79.5 Å². The molecule has 0 aliphatic carbocycles. The van der Waals surface area contributed by atoms with Crippen molar-refractivity contribution in [3.8, 4) is 0 Å². The molecule has 1 aliphatic heterocycles. The highest BCUT2D eigenvalue weighted by Gasteiger charge is 2.33. The standard InChI is InChI=1S/C20H23N3O3S/c1-3-26-19(24)17-16(12-21-11-15-5-4-10-27-15)22-20(25)23-18(17)14-8-6-13(2)7-9-14/h4-10,18,21H,3,11-12H2,1-2H3,(H2,22,23,25)/t18-/m1/s1. The first-order valence-corrected chi connectivity index (χ1v) is 9.73. The van der Waals surface area contributed by atoms with Crippen LogP contribution in [0.2, 0.25) is 0 Å². The molecule has 0 saturated carbocycles. The summed E-state index contributed by atoms with van der Waals surface area (Å²) in [5.74, 6) is -0.427. The van der Waals surface area contributed by atoms with Crippen molar-refractivity contribution in [1.82, 2.24) is 16.0 Å². The number of benzene rings is 1. The summed E-state index contributed by atoms with van der Waals surface area (Å²) in [5.41, 5.74) is 2.92. The molecule has 1 aliphatic rings. The molecular formula is C20H23N3O3S. The Kier molecular flexibility index (Phi) is 6.26. The summed E-state index contributed by atoms with van der Waals surface area (Å²) in [6.07, 6.45) is 0. The number of nitrogens with one attached hydrogen (secondary N) is 3. The number of thiophene rings is 1. The monoisotopic (exact) mass is 385 g/mol. The lowest BCUT2D eigenvalue weighted by atomic mass is 9.94. The zero-order valence-electron chi connectivity index (χ0n) is 15.4. The lowest BCUT2D eigenvalue weighted by molar-refractivity contribution is -0.139. The van der Waals surface area contributed by atoms with Gasteiger partial charge in [0, 0.05) is 23.7 Å². The Hall–Kier alpha value is -2.64. The van der Waals surface area contributed by atoms with E-state index in [0.29, 0.717) is 24.4 Å². The van der Waals surface area contributed by atoms with Gasteiger partial charge in [0.15, 0.2) is 0 Å². The number of ether oxygens (including phenoxy) is 1. The smallest absolute Gasteiger partial charge is 0.338 e. The third-order valence-corrected chi connectivity index (χ3v) is 5.12. The zero-order chi connectivity index (χ0) is 19.2. The molecule has 0 spiro atoms. The molecule has 3 N–H and O–H groups in total. The number of hydrogen-bond donors (Lipinski definition) is 3. The van der Waals surface area contributed by atoms with E-state index in [1.165, 1.54) is 4.88 Å². The number of carbonyl (C=O) groups excluding carboxylic acids is 2. The highest BCUT2D eigenvalue weighted by Crippen LogP contribution is 2.28. The number of esters is 1. The lowest BCUT2D eigenvalue weighted by Gasteiger charge is -2.29. The second kappa shape index (κ2) is 8.83. The molecule has 3 rings (SSSR count). The number of urea groups is 1. The summed E-state index contributed by atoms with van der Waals surface area (Å²) >= 11 is 1.65. The van der Waals surface area contributed by atoms with Crippen molar-refractivity contribution >= 4 is 23.3 Å². The molecular weight excluding hydrogens is 362 g/mol. The van der Waals surface area contributed by atoms with Crippen LogP contribution >= 0.6 is 11.3 Å². The molecule has 2 heterocycles. The van der Waals surface area contributed by atoms with Crippen molar-refractivity contribution in [1.29, 1.82) is 0 Å². The third-order valence-electron chi connectivity index (χ3n) is 4.24. The molecule has 0 bridgehead atoms. The Morgan fingerprint density at radius 1 is 1.22 bits per heavy atom. The van der Waals surface area contributed by atoms with E-state index in [1.54, 1.807) is 18.3 Å². The predicted molar refractivity (Wildman–Crippen MR) is 105 cm³/mol. The normalized spacial score (nSPS) is 16.7. The average Bonchev–Trinajstić information content (AvgIpc) is 3.15. The van der Waals surface area contributed by atoms with E-state index in [9.17, 15) is 9.59 Å². The van der Waals surface area contributed by atoms with Crippen molar-refractivity contribution in [2.24, 2.45) is 0 Å². The van der Waals surface area contributed by atoms with Crippen molar-refractivity contribution in [3.05, 3.63) is 69.1 Å². The van der Waals surface area contributed by atoms with Crippen molar-refractivity contribution in [2.75, 3.05) is 13.2 Å². The number of amides is 2. The number of carbonyl (C=O) groups is 2. The number of aryl methyl sites for hydroxylation is 1. The van der Waals surface area contributed by atoms with Gasteiger partial charge in [-0.15, -0.1) is 11.3 Å². The minimum atomic E-state index is -0.545. The van der Waals surface area contributed by atoms with Crippen LogP contribution in [0.15, 0.2) is 53.0 Å². The number of rotatable bonds is 7. The molecule has 0 fully saturated rings. The molecule has 7 heteroatoms. The van der Waals surface area contributed by atoms with Crippen LogP contribution in [0.4, 0.5) is 4.79 Å². The van der Waals surface area contributed by atoms with Crippen LogP contribution in [0.5, 0.6) is 0 Å². The second-order valence-electron chi connectivity index (χ2n) is 6.24. The van der Waals surface area contributed by atoms with Crippen LogP contribution in [-0.4, -0.2) is 25.2 Å². The fourth-order valence-corrected chi connectivity index (χ4v) is 3.61.